The molecule has 0 heterocycles. The Balaban J connectivity index is 2.28. The Kier molecular flexibility index (Phi) is 9.96. The van der Waals surface area contributed by atoms with Crippen LogP contribution < -0.4 is 10.6 Å². The second-order valence-electron chi connectivity index (χ2n) is 6.56. The van der Waals surface area contributed by atoms with Gasteiger partial charge in [-0.25, -0.2) is 0 Å². The van der Waals surface area contributed by atoms with Gasteiger partial charge in [-0.3, -0.25) is 9.00 Å². The molecule has 0 aromatic heterocycles. The fourth-order valence-corrected chi connectivity index (χ4v) is 4.60. The quantitative estimate of drug-likeness (QED) is 0.605. The minimum atomic E-state index is -0.913. The van der Waals surface area contributed by atoms with Crippen LogP contribution in [0.5, 0.6) is 0 Å². The van der Waals surface area contributed by atoms with Crippen molar-refractivity contribution in [2.24, 2.45) is 11.8 Å². The third kappa shape index (κ3) is 6.78. The van der Waals surface area contributed by atoms with Gasteiger partial charge in [0.05, 0.1) is 5.92 Å². The van der Waals surface area contributed by atoms with Gasteiger partial charge in [-0.05, 0) is 44.7 Å². The van der Waals surface area contributed by atoms with Crippen LogP contribution >= 0.6 is 0 Å². The van der Waals surface area contributed by atoms with Crippen LogP contribution in [0.3, 0.4) is 0 Å². The summed E-state index contributed by atoms with van der Waals surface area (Å²) in [5.41, 5.74) is 0. The Morgan fingerprint density at radius 3 is 2.55 bits per heavy atom. The first-order valence-electron chi connectivity index (χ1n) is 8.84. The van der Waals surface area contributed by atoms with Crippen LogP contribution in [0, 0.1) is 11.8 Å². The zero-order valence-electron chi connectivity index (χ0n) is 14.5. The van der Waals surface area contributed by atoms with Crippen molar-refractivity contribution < 1.29 is 9.00 Å². The van der Waals surface area contributed by atoms with Gasteiger partial charge in [0.1, 0.15) is 0 Å². The van der Waals surface area contributed by atoms with E-state index in [1.54, 1.807) is 13.3 Å². The van der Waals surface area contributed by atoms with Gasteiger partial charge in [0.2, 0.25) is 5.91 Å². The molecule has 0 radical (unpaired) electrons. The molecule has 4 unspecified atom stereocenters. The molecule has 0 aromatic rings. The van der Waals surface area contributed by atoms with Crippen LogP contribution in [0.15, 0.2) is 0 Å². The highest BCUT2D eigenvalue weighted by Gasteiger charge is 2.36. The van der Waals surface area contributed by atoms with Crippen LogP contribution in [0.4, 0.5) is 0 Å². The lowest BCUT2D eigenvalue weighted by Gasteiger charge is -2.34. The second kappa shape index (κ2) is 11.2. The molecule has 1 fully saturated rings. The number of nitrogens with one attached hydrogen (secondary N) is 2. The van der Waals surface area contributed by atoms with E-state index in [1.165, 1.54) is 32.1 Å². The predicted octanol–water partition coefficient (Wildman–Crippen LogP) is 2.46. The van der Waals surface area contributed by atoms with E-state index >= 15 is 0 Å². The zero-order valence-corrected chi connectivity index (χ0v) is 15.3. The average Bonchev–Trinajstić information content (AvgIpc) is 2.52. The first-order valence-corrected chi connectivity index (χ1v) is 10.5. The molecule has 130 valence electrons. The lowest BCUT2D eigenvalue weighted by Crippen LogP contribution is -2.43. The molecule has 1 aliphatic carbocycles. The monoisotopic (exact) mass is 330 g/mol. The van der Waals surface area contributed by atoms with Crippen molar-refractivity contribution in [3.05, 3.63) is 0 Å². The van der Waals surface area contributed by atoms with Crippen LogP contribution in [0.2, 0.25) is 0 Å². The number of unbranched alkanes of at least 4 members (excludes halogenated alkanes) is 4. The highest BCUT2D eigenvalue weighted by atomic mass is 32.2. The zero-order chi connectivity index (χ0) is 16.4. The molecule has 2 N–H and O–H groups in total. The summed E-state index contributed by atoms with van der Waals surface area (Å²) in [6.45, 7) is 4.30. The summed E-state index contributed by atoms with van der Waals surface area (Å²) in [6, 6.07) is 0. The van der Waals surface area contributed by atoms with E-state index in [0.29, 0.717) is 5.92 Å². The van der Waals surface area contributed by atoms with Gasteiger partial charge in [0.15, 0.2) is 0 Å². The summed E-state index contributed by atoms with van der Waals surface area (Å²) >= 11 is 0. The standard InChI is InChI=1S/C17H34N2O2S/c1-4-5-6-7-8-11-19-13-14-9-10-16(22(3)21)15(12-14)17(20)18-2/h14-16,19H,4-13H2,1-3H3,(H,18,20). The largest absolute Gasteiger partial charge is 0.359 e. The molecule has 0 saturated heterocycles. The van der Waals surface area contributed by atoms with Gasteiger partial charge in [-0.2, -0.15) is 0 Å². The number of hydrogen-bond donors (Lipinski definition) is 2. The first-order chi connectivity index (χ1) is 10.6. The maximum Gasteiger partial charge on any atom is 0.224 e. The van der Waals surface area contributed by atoms with Gasteiger partial charge in [-0.1, -0.05) is 32.6 Å². The Morgan fingerprint density at radius 1 is 1.18 bits per heavy atom. The van der Waals surface area contributed by atoms with E-state index in [2.05, 4.69) is 17.6 Å². The van der Waals surface area contributed by atoms with E-state index in [1.807, 2.05) is 0 Å². The molecular formula is C17H34N2O2S. The lowest BCUT2D eigenvalue weighted by molar-refractivity contribution is -0.125. The molecule has 1 amide bonds. The second-order valence-corrected chi connectivity index (χ2v) is 8.16. The topological polar surface area (TPSA) is 58.2 Å². The minimum absolute atomic E-state index is 0.0326. The van der Waals surface area contributed by atoms with Crippen LogP contribution in [0.1, 0.15) is 58.3 Å². The van der Waals surface area contributed by atoms with E-state index < -0.39 is 10.8 Å². The highest BCUT2D eigenvalue weighted by molar-refractivity contribution is 7.84. The van der Waals surface area contributed by atoms with E-state index in [9.17, 15) is 9.00 Å². The van der Waals surface area contributed by atoms with Crippen LogP contribution in [-0.4, -0.2) is 41.8 Å². The van der Waals surface area contributed by atoms with Crippen LogP contribution in [0.25, 0.3) is 0 Å². The number of amides is 1. The number of carbonyl (C=O) groups excluding carboxylic acids is 1. The van der Waals surface area contributed by atoms with E-state index in [-0.39, 0.29) is 17.1 Å². The lowest BCUT2D eigenvalue weighted by atomic mass is 9.80. The SMILES string of the molecule is CCCCCCCNCC1CCC(S(C)=O)C(C(=O)NC)C1. The third-order valence-electron chi connectivity index (χ3n) is 4.80. The van der Waals surface area contributed by atoms with Gasteiger partial charge in [0.25, 0.3) is 0 Å². The molecule has 1 rings (SSSR count). The number of rotatable bonds is 10. The Hall–Kier alpha value is -0.420. The summed E-state index contributed by atoms with van der Waals surface area (Å²) < 4.78 is 11.8. The Labute approximate surface area is 138 Å². The van der Waals surface area contributed by atoms with Crippen LogP contribution in [-0.2, 0) is 15.6 Å². The molecule has 0 aliphatic heterocycles. The van der Waals surface area contributed by atoms with Gasteiger partial charge in [0, 0.05) is 29.4 Å². The molecule has 0 bridgehead atoms. The molecule has 4 atom stereocenters. The molecule has 4 nitrogen and oxygen atoms in total. The molecular weight excluding hydrogens is 296 g/mol. The minimum Gasteiger partial charge on any atom is -0.359 e. The number of carbonyl (C=O) groups is 1. The molecule has 0 aromatic carbocycles. The van der Waals surface area contributed by atoms with Crippen molar-refractivity contribution in [1.29, 1.82) is 0 Å². The third-order valence-corrected chi connectivity index (χ3v) is 6.21. The Morgan fingerprint density at radius 2 is 1.91 bits per heavy atom. The predicted molar refractivity (Wildman–Crippen MR) is 94.4 cm³/mol. The van der Waals surface area contributed by atoms with E-state index in [4.69, 9.17) is 0 Å². The highest BCUT2D eigenvalue weighted by Crippen LogP contribution is 2.32. The smallest absolute Gasteiger partial charge is 0.224 e. The molecule has 1 saturated carbocycles. The fraction of sp³-hybridized carbons (Fsp3) is 0.941. The molecule has 22 heavy (non-hydrogen) atoms. The average molecular weight is 331 g/mol. The molecule has 1 aliphatic rings. The van der Waals surface area contributed by atoms with Gasteiger partial charge < -0.3 is 10.6 Å². The summed E-state index contributed by atoms with van der Waals surface area (Å²) in [5.74, 6) is 0.517. The van der Waals surface area contributed by atoms with Crippen molar-refractivity contribution in [3.63, 3.8) is 0 Å². The first kappa shape index (κ1) is 19.6. The summed E-state index contributed by atoms with van der Waals surface area (Å²) in [7, 11) is 0.764. The van der Waals surface area contributed by atoms with Crippen molar-refractivity contribution >= 4 is 16.7 Å². The number of hydrogen-bond acceptors (Lipinski definition) is 3. The Bertz CT molecular complexity index is 350. The van der Waals surface area contributed by atoms with Crippen molar-refractivity contribution in [1.82, 2.24) is 10.6 Å². The maximum atomic E-state index is 12.0. The molecule has 0 spiro atoms. The van der Waals surface area contributed by atoms with Crippen molar-refractivity contribution in [2.45, 2.75) is 63.5 Å². The van der Waals surface area contributed by atoms with E-state index in [0.717, 1.165) is 32.4 Å². The summed E-state index contributed by atoms with van der Waals surface area (Å²) in [5, 5.41) is 6.32. The normalized spacial score (nSPS) is 26.6. The molecule has 5 heteroatoms. The fourth-order valence-electron chi connectivity index (χ4n) is 3.43. The summed E-state index contributed by atoms with van der Waals surface area (Å²) in [6.07, 6.45) is 11.1. The van der Waals surface area contributed by atoms with Crippen molar-refractivity contribution in [3.8, 4) is 0 Å². The van der Waals surface area contributed by atoms with Crippen molar-refractivity contribution in [2.75, 3.05) is 26.4 Å². The maximum absolute atomic E-state index is 12.0. The van der Waals surface area contributed by atoms with Gasteiger partial charge in [-0.15, -0.1) is 0 Å². The van der Waals surface area contributed by atoms with Gasteiger partial charge >= 0.3 is 0 Å². The summed E-state index contributed by atoms with van der Waals surface area (Å²) in [4.78, 5) is 12.0.